The normalized spacial score (nSPS) is 12.8. The third-order valence-corrected chi connectivity index (χ3v) is 6.82. The number of ether oxygens (including phenoxy) is 2. The molecular weight excluding hydrogens is 500 g/mol. The third-order valence-electron chi connectivity index (χ3n) is 6.82. The van der Waals surface area contributed by atoms with Gasteiger partial charge < -0.3 is 24.7 Å². The minimum atomic E-state index is -1.06. The van der Waals surface area contributed by atoms with Crippen molar-refractivity contribution in [3.63, 3.8) is 0 Å². The summed E-state index contributed by atoms with van der Waals surface area (Å²) in [5.41, 5.74) is 4.32. The number of aromatic amines is 1. The Hall–Kier alpha value is -4.28. The van der Waals surface area contributed by atoms with E-state index in [4.69, 9.17) is 9.47 Å². The summed E-state index contributed by atoms with van der Waals surface area (Å²) in [5, 5.41) is 27.8. The highest BCUT2D eigenvalue weighted by molar-refractivity contribution is 5.85. The van der Waals surface area contributed by atoms with Crippen LogP contribution in [0.1, 0.15) is 42.3 Å². The first-order chi connectivity index (χ1) is 19.4. The highest BCUT2D eigenvalue weighted by atomic mass is 16.5. The van der Waals surface area contributed by atoms with E-state index in [9.17, 15) is 10.2 Å². The highest BCUT2D eigenvalue weighted by Crippen LogP contribution is 2.28. The summed E-state index contributed by atoms with van der Waals surface area (Å²) in [4.78, 5) is 3.27. The van der Waals surface area contributed by atoms with Crippen molar-refractivity contribution in [2.75, 3.05) is 13.7 Å². The summed E-state index contributed by atoms with van der Waals surface area (Å²) < 4.78 is 11.3. The number of nitrogens with one attached hydrogen (secondary N) is 2. The molecule has 1 aromatic heterocycles. The summed E-state index contributed by atoms with van der Waals surface area (Å²) in [6, 6.07) is 25.3. The number of benzene rings is 4. The monoisotopic (exact) mass is 534 g/mol. The first-order valence-corrected chi connectivity index (χ1v) is 13.4. The lowest BCUT2D eigenvalue weighted by molar-refractivity contribution is 0.0992. The predicted octanol–water partition coefficient (Wildman–Crippen LogP) is 5.70. The molecule has 0 saturated heterocycles. The van der Waals surface area contributed by atoms with Gasteiger partial charge >= 0.3 is 0 Å². The maximum Gasteiger partial charge on any atom is 0.135 e. The number of hydrogen-bond donors (Lipinski definition) is 4. The van der Waals surface area contributed by atoms with Crippen LogP contribution in [0.3, 0.4) is 0 Å². The van der Waals surface area contributed by atoms with Gasteiger partial charge in [-0.15, -0.1) is 0 Å². The van der Waals surface area contributed by atoms with Gasteiger partial charge in [-0.2, -0.15) is 0 Å². The van der Waals surface area contributed by atoms with Crippen LogP contribution < -0.4 is 14.8 Å². The van der Waals surface area contributed by atoms with Crippen molar-refractivity contribution in [2.24, 2.45) is 0 Å². The Morgan fingerprint density at radius 2 is 1.62 bits per heavy atom. The molecule has 6 heteroatoms. The molecule has 5 rings (SSSR count). The van der Waals surface area contributed by atoms with Gasteiger partial charge in [-0.1, -0.05) is 42.2 Å². The van der Waals surface area contributed by atoms with E-state index >= 15 is 0 Å². The lowest BCUT2D eigenvalue weighted by Crippen LogP contribution is -2.37. The number of aliphatic hydroxyl groups is 2. The van der Waals surface area contributed by atoms with E-state index in [2.05, 4.69) is 28.2 Å². The van der Waals surface area contributed by atoms with Gasteiger partial charge in [0.1, 0.15) is 17.7 Å². The van der Waals surface area contributed by atoms with Gasteiger partial charge in [-0.3, -0.25) is 5.32 Å². The van der Waals surface area contributed by atoms with Gasteiger partial charge in [0.05, 0.1) is 19.8 Å². The zero-order chi connectivity index (χ0) is 28.1. The summed E-state index contributed by atoms with van der Waals surface area (Å²) >= 11 is 0. The van der Waals surface area contributed by atoms with E-state index in [1.54, 1.807) is 7.11 Å². The van der Waals surface area contributed by atoms with Crippen LogP contribution in [0, 0.1) is 11.8 Å². The fourth-order valence-electron chi connectivity index (χ4n) is 4.83. The summed E-state index contributed by atoms with van der Waals surface area (Å²) in [7, 11) is 1.66. The van der Waals surface area contributed by atoms with Crippen LogP contribution >= 0.6 is 0 Å². The van der Waals surface area contributed by atoms with Gasteiger partial charge in [0.25, 0.3) is 0 Å². The lowest BCUT2D eigenvalue weighted by atomic mass is 10.0. The second-order valence-corrected chi connectivity index (χ2v) is 10.1. The van der Waals surface area contributed by atoms with Crippen molar-refractivity contribution >= 4 is 21.7 Å². The molecule has 1 heterocycles. The molecule has 0 fully saturated rings. The molecule has 0 amide bonds. The highest BCUT2D eigenvalue weighted by Gasteiger charge is 2.20. The third kappa shape index (κ3) is 6.30. The van der Waals surface area contributed by atoms with Gasteiger partial charge in [0.2, 0.25) is 0 Å². The van der Waals surface area contributed by atoms with Crippen LogP contribution in [0.25, 0.3) is 21.7 Å². The predicted molar refractivity (Wildman–Crippen MR) is 160 cm³/mol. The molecule has 2 atom stereocenters. The maximum absolute atomic E-state index is 11.3. The lowest BCUT2D eigenvalue weighted by Gasteiger charge is -2.24. The molecule has 0 aliphatic carbocycles. The Kier molecular flexibility index (Phi) is 8.37. The van der Waals surface area contributed by atoms with Gasteiger partial charge in [0, 0.05) is 39.8 Å². The average Bonchev–Trinajstić information content (AvgIpc) is 3.38. The number of hydrogen-bond acceptors (Lipinski definition) is 5. The molecule has 4 aromatic carbocycles. The summed E-state index contributed by atoms with van der Waals surface area (Å²) in [5.74, 6) is 7.86. The molecule has 0 saturated carbocycles. The quantitative estimate of drug-likeness (QED) is 0.144. The second-order valence-electron chi connectivity index (χ2n) is 10.1. The largest absolute Gasteiger partial charge is 0.497 e. The van der Waals surface area contributed by atoms with Crippen LogP contribution in [0.5, 0.6) is 11.5 Å². The number of fused-ring (bicyclic) bond motifs is 2. The Labute approximate surface area is 234 Å². The topological polar surface area (TPSA) is 86.7 Å². The molecule has 4 N–H and O–H groups in total. The van der Waals surface area contributed by atoms with Crippen LogP contribution in [0.15, 0.2) is 85.1 Å². The molecule has 0 radical (unpaired) electrons. The summed E-state index contributed by atoms with van der Waals surface area (Å²) in [6.07, 6.45) is 1.37. The number of rotatable bonds is 9. The van der Waals surface area contributed by atoms with Gasteiger partial charge in [0.15, 0.2) is 0 Å². The standard InChI is InChI=1S/C34H34N2O4/c1-22(2)40-33-15-11-24(9-8-23-10-12-26-19-29(39-3)14-13-25(26)16-23)17-31(33)34(38)36-28(21-37)18-27-20-35-32-7-5-4-6-30(27)32/h4-7,10-17,19-20,22,28,34-38H,18,21H2,1-3H3/t28-,34?/m0/s1. The minimum absolute atomic E-state index is 0.0704. The number of para-hydroxylation sites is 1. The van der Waals surface area contributed by atoms with Crippen LogP contribution in [0.2, 0.25) is 0 Å². The fourth-order valence-corrected chi connectivity index (χ4v) is 4.83. The first-order valence-electron chi connectivity index (χ1n) is 13.4. The van der Waals surface area contributed by atoms with E-state index < -0.39 is 6.23 Å². The van der Waals surface area contributed by atoms with E-state index in [1.165, 1.54) is 0 Å². The van der Waals surface area contributed by atoms with E-state index in [1.807, 2.05) is 92.8 Å². The second kappa shape index (κ2) is 12.3. The number of H-pyrrole nitrogens is 1. The van der Waals surface area contributed by atoms with Crippen LogP contribution in [-0.2, 0) is 6.42 Å². The molecular formula is C34H34N2O4. The van der Waals surface area contributed by atoms with Crippen LogP contribution in [-0.4, -0.2) is 41.1 Å². The molecule has 6 nitrogen and oxygen atoms in total. The molecule has 5 aromatic rings. The SMILES string of the molecule is COc1ccc2cc(C#Cc3ccc(OC(C)C)c(C(O)N[C@H](CO)Cc4c[nH]c5ccccc45)c3)ccc2c1. The Bertz CT molecular complexity index is 1680. The Morgan fingerprint density at radius 1 is 0.900 bits per heavy atom. The smallest absolute Gasteiger partial charge is 0.135 e. The zero-order valence-corrected chi connectivity index (χ0v) is 22.9. The number of methoxy groups -OCH3 is 1. The minimum Gasteiger partial charge on any atom is -0.497 e. The average molecular weight is 535 g/mol. The maximum atomic E-state index is 11.3. The first kappa shape index (κ1) is 27.3. The molecule has 1 unspecified atom stereocenters. The Balaban J connectivity index is 1.38. The summed E-state index contributed by atoms with van der Waals surface area (Å²) in [6.45, 7) is 3.75. The van der Waals surface area contributed by atoms with Crippen LogP contribution in [0.4, 0.5) is 0 Å². The zero-order valence-electron chi connectivity index (χ0n) is 22.9. The van der Waals surface area contributed by atoms with Gasteiger partial charge in [-0.25, -0.2) is 0 Å². The van der Waals surface area contributed by atoms with Crippen molar-refractivity contribution < 1.29 is 19.7 Å². The number of aromatic nitrogens is 1. The van der Waals surface area contributed by atoms with E-state index in [-0.39, 0.29) is 18.8 Å². The van der Waals surface area contributed by atoms with Gasteiger partial charge in [-0.05, 0) is 85.1 Å². The number of aliphatic hydroxyl groups excluding tert-OH is 2. The van der Waals surface area contributed by atoms with Crippen molar-refractivity contribution in [3.05, 3.63) is 107 Å². The van der Waals surface area contributed by atoms with Crippen molar-refractivity contribution in [3.8, 4) is 23.3 Å². The molecule has 204 valence electrons. The van der Waals surface area contributed by atoms with Crippen molar-refractivity contribution in [1.82, 2.24) is 10.3 Å². The molecule has 40 heavy (non-hydrogen) atoms. The molecule has 0 aliphatic rings. The fraction of sp³-hybridized carbons (Fsp3) is 0.235. The van der Waals surface area contributed by atoms with E-state index in [0.717, 1.165) is 44.1 Å². The molecule has 0 bridgehead atoms. The molecule has 0 aliphatic heterocycles. The van der Waals surface area contributed by atoms with Crippen molar-refractivity contribution in [1.29, 1.82) is 0 Å². The van der Waals surface area contributed by atoms with E-state index in [0.29, 0.717) is 17.7 Å². The Morgan fingerprint density at radius 3 is 2.40 bits per heavy atom. The molecule has 0 spiro atoms. The van der Waals surface area contributed by atoms with Crippen molar-refractivity contribution in [2.45, 2.75) is 38.6 Å².